The van der Waals surface area contributed by atoms with Gasteiger partial charge in [0.15, 0.2) is 11.5 Å². The lowest BCUT2D eigenvalue weighted by molar-refractivity contribution is 0.171. The van der Waals surface area contributed by atoms with Crippen molar-refractivity contribution in [3.8, 4) is 17.2 Å². The molecule has 3 aliphatic heterocycles. The minimum atomic E-state index is -3.72. The molecule has 0 aliphatic carbocycles. The first-order valence-corrected chi connectivity index (χ1v) is 10.0. The molecule has 0 aromatic heterocycles. The molecule has 2 aromatic rings. The molecule has 8 heteroatoms. The van der Waals surface area contributed by atoms with Crippen LogP contribution in [0.1, 0.15) is 0 Å². The average Bonchev–Trinajstić information content (AvgIpc) is 2.68. The van der Waals surface area contributed by atoms with Crippen molar-refractivity contribution >= 4 is 21.4 Å². The summed E-state index contributed by atoms with van der Waals surface area (Å²) in [6, 6.07) is 10.3. The molecule has 0 atom stereocenters. The second-order valence-electron chi connectivity index (χ2n) is 6.34. The highest BCUT2D eigenvalue weighted by Crippen LogP contribution is 2.44. The van der Waals surface area contributed by atoms with Crippen LogP contribution in [0, 0.1) is 0 Å². The monoisotopic (exact) mass is 374 g/mol. The van der Waals surface area contributed by atoms with Crippen molar-refractivity contribution in [2.24, 2.45) is 0 Å². The molecule has 0 fully saturated rings. The van der Waals surface area contributed by atoms with Gasteiger partial charge in [0.25, 0.3) is 10.0 Å². The molecule has 0 saturated heterocycles. The minimum Gasteiger partial charge on any atom is -0.489 e. The Hall–Kier alpha value is -2.61. The molecule has 0 saturated carbocycles. The third kappa shape index (κ3) is 2.28. The number of para-hydroxylation sites is 1. The van der Waals surface area contributed by atoms with Gasteiger partial charge >= 0.3 is 0 Å². The van der Waals surface area contributed by atoms with E-state index in [1.165, 1.54) is 4.31 Å². The molecule has 0 unspecified atom stereocenters. The van der Waals surface area contributed by atoms with Crippen molar-refractivity contribution in [3.05, 3.63) is 36.4 Å². The summed E-state index contributed by atoms with van der Waals surface area (Å²) in [7, 11) is -3.72. The number of ether oxygens (including phenoxy) is 3. The number of anilines is 2. The molecule has 5 rings (SSSR count). The van der Waals surface area contributed by atoms with E-state index in [0.29, 0.717) is 50.1 Å². The Morgan fingerprint density at radius 2 is 1.62 bits per heavy atom. The van der Waals surface area contributed by atoms with E-state index in [1.807, 2.05) is 18.2 Å². The summed E-state index contributed by atoms with van der Waals surface area (Å²) < 4.78 is 44.9. The predicted molar refractivity (Wildman–Crippen MR) is 96.1 cm³/mol. The van der Waals surface area contributed by atoms with Gasteiger partial charge < -0.3 is 19.1 Å². The average molecular weight is 374 g/mol. The Morgan fingerprint density at radius 1 is 0.808 bits per heavy atom. The van der Waals surface area contributed by atoms with Crippen LogP contribution in [-0.4, -0.2) is 47.9 Å². The normalized spacial score (nSPS) is 18.2. The summed E-state index contributed by atoms with van der Waals surface area (Å²) in [6.07, 6.45) is 0. The van der Waals surface area contributed by atoms with E-state index in [-0.39, 0.29) is 4.90 Å². The lowest BCUT2D eigenvalue weighted by Gasteiger charge is -2.41. The van der Waals surface area contributed by atoms with Crippen LogP contribution in [0.2, 0.25) is 0 Å². The van der Waals surface area contributed by atoms with Gasteiger partial charge in [0, 0.05) is 12.6 Å². The smallest absolute Gasteiger partial charge is 0.264 e. The summed E-state index contributed by atoms with van der Waals surface area (Å²) in [5, 5.41) is 0. The van der Waals surface area contributed by atoms with Gasteiger partial charge in [0.2, 0.25) is 0 Å². The van der Waals surface area contributed by atoms with Gasteiger partial charge in [-0.15, -0.1) is 0 Å². The maximum absolute atomic E-state index is 13.3. The van der Waals surface area contributed by atoms with Crippen molar-refractivity contribution < 1.29 is 22.6 Å². The first kappa shape index (κ1) is 15.6. The zero-order valence-electron chi connectivity index (χ0n) is 14.1. The molecule has 3 heterocycles. The molecule has 0 spiro atoms. The van der Waals surface area contributed by atoms with Crippen molar-refractivity contribution in [2.75, 3.05) is 48.7 Å². The maximum atomic E-state index is 13.3. The van der Waals surface area contributed by atoms with Crippen LogP contribution in [0.5, 0.6) is 17.2 Å². The van der Waals surface area contributed by atoms with E-state index in [2.05, 4.69) is 4.90 Å². The van der Waals surface area contributed by atoms with Crippen LogP contribution in [0.4, 0.5) is 11.4 Å². The van der Waals surface area contributed by atoms with Crippen LogP contribution < -0.4 is 23.4 Å². The van der Waals surface area contributed by atoms with Crippen molar-refractivity contribution in [3.63, 3.8) is 0 Å². The SMILES string of the molecule is O=S(=O)(c1ccc2c(c1)OCCO2)N1CCN2CCOc3cccc1c32. The lowest BCUT2D eigenvalue weighted by atomic mass is 10.1. The Kier molecular flexibility index (Phi) is 3.43. The highest BCUT2D eigenvalue weighted by Gasteiger charge is 2.35. The quantitative estimate of drug-likeness (QED) is 0.799. The fourth-order valence-corrected chi connectivity index (χ4v) is 5.12. The molecule has 7 nitrogen and oxygen atoms in total. The van der Waals surface area contributed by atoms with Gasteiger partial charge in [-0.3, -0.25) is 4.31 Å². The van der Waals surface area contributed by atoms with E-state index in [0.717, 1.165) is 18.0 Å². The molecule has 3 aliphatic rings. The van der Waals surface area contributed by atoms with Crippen LogP contribution in [0.3, 0.4) is 0 Å². The summed E-state index contributed by atoms with van der Waals surface area (Å²) in [6.45, 7) is 3.30. The lowest BCUT2D eigenvalue weighted by Crippen LogP contribution is -2.46. The third-order valence-corrected chi connectivity index (χ3v) is 6.67. The molecular formula is C18H18N2O5S. The van der Waals surface area contributed by atoms with Crippen molar-refractivity contribution in [1.29, 1.82) is 0 Å². The van der Waals surface area contributed by atoms with Crippen molar-refractivity contribution in [1.82, 2.24) is 0 Å². The van der Waals surface area contributed by atoms with Crippen LogP contribution >= 0.6 is 0 Å². The topological polar surface area (TPSA) is 68.3 Å². The van der Waals surface area contributed by atoms with E-state index in [4.69, 9.17) is 14.2 Å². The number of hydrogen-bond acceptors (Lipinski definition) is 6. The Labute approximate surface area is 151 Å². The van der Waals surface area contributed by atoms with E-state index in [1.54, 1.807) is 18.2 Å². The number of sulfonamides is 1. The van der Waals surface area contributed by atoms with Crippen LogP contribution in [0.25, 0.3) is 0 Å². The standard InChI is InChI=1S/C18H18N2O5S/c21-26(22,13-4-5-15-17(12-13)25-11-10-24-15)20-7-6-19-8-9-23-16-3-1-2-14(20)18(16)19/h1-5,12H,6-11H2. The maximum Gasteiger partial charge on any atom is 0.264 e. The van der Waals surface area contributed by atoms with Crippen molar-refractivity contribution in [2.45, 2.75) is 4.90 Å². The first-order valence-electron chi connectivity index (χ1n) is 8.58. The molecule has 2 aromatic carbocycles. The molecule has 26 heavy (non-hydrogen) atoms. The van der Waals surface area contributed by atoms with Gasteiger partial charge in [-0.25, -0.2) is 8.42 Å². The number of fused-ring (bicyclic) bond motifs is 1. The molecular weight excluding hydrogens is 356 g/mol. The van der Waals surface area contributed by atoms with E-state index in [9.17, 15) is 8.42 Å². The first-order chi connectivity index (χ1) is 12.6. The minimum absolute atomic E-state index is 0.199. The van der Waals surface area contributed by atoms with Gasteiger partial charge in [-0.2, -0.15) is 0 Å². The van der Waals surface area contributed by atoms with Crippen LogP contribution in [-0.2, 0) is 10.0 Å². The number of nitrogens with zero attached hydrogens (tertiary/aromatic N) is 2. The molecule has 0 bridgehead atoms. The molecule has 0 amide bonds. The molecule has 136 valence electrons. The van der Waals surface area contributed by atoms with Crippen LogP contribution in [0.15, 0.2) is 41.3 Å². The number of benzene rings is 2. The Balaban J connectivity index is 1.59. The fourth-order valence-electron chi connectivity index (χ4n) is 3.64. The molecule has 0 N–H and O–H groups in total. The predicted octanol–water partition coefficient (Wildman–Crippen LogP) is 1.87. The van der Waals surface area contributed by atoms with Gasteiger partial charge in [0.05, 0.1) is 23.7 Å². The second-order valence-corrected chi connectivity index (χ2v) is 8.20. The Morgan fingerprint density at radius 3 is 2.50 bits per heavy atom. The second kappa shape index (κ2) is 5.70. The zero-order valence-corrected chi connectivity index (χ0v) is 14.9. The summed E-state index contributed by atoms with van der Waals surface area (Å²) >= 11 is 0. The van der Waals surface area contributed by atoms with E-state index >= 15 is 0 Å². The molecule has 0 radical (unpaired) electrons. The van der Waals surface area contributed by atoms with Gasteiger partial charge in [-0.05, 0) is 24.3 Å². The summed E-state index contributed by atoms with van der Waals surface area (Å²) in [5.74, 6) is 1.77. The van der Waals surface area contributed by atoms with E-state index < -0.39 is 10.0 Å². The largest absolute Gasteiger partial charge is 0.489 e. The summed E-state index contributed by atoms with van der Waals surface area (Å²) in [5.41, 5.74) is 1.51. The highest BCUT2D eigenvalue weighted by molar-refractivity contribution is 7.92. The number of hydrogen-bond donors (Lipinski definition) is 0. The van der Waals surface area contributed by atoms with Gasteiger partial charge in [-0.1, -0.05) is 6.07 Å². The zero-order chi connectivity index (χ0) is 17.7. The third-order valence-electron chi connectivity index (χ3n) is 4.86. The Bertz CT molecular complexity index is 976. The summed E-state index contributed by atoms with van der Waals surface area (Å²) in [4.78, 5) is 2.38. The van der Waals surface area contributed by atoms with Gasteiger partial charge in [0.1, 0.15) is 31.3 Å². The highest BCUT2D eigenvalue weighted by atomic mass is 32.2. The number of rotatable bonds is 2. The fraction of sp³-hybridized carbons (Fsp3) is 0.333.